The molecule has 11 nitrogen and oxygen atoms in total. The normalized spacial score (nSPS) is 24.4. The van der Waals surface area contributed by atoms with Crippen LogP contribution in [-0.2, 0) is 24.2 Å². The summed E-state index contributed by atoms with van der Waals surface area (Å²) in [6.45, 7) is 4.58. The van der Waals surface area contributed by atoms with Crippen LogP contribution in [0.25, 0.3) is 0 Å². The number of nitrogens with zero attached hydrogens (tertiary/aromatic N) is 1. The average molecular weight is 804 g/mol. The number of carbonyl (C=O) groups is 4. The number of nitrogens with one attached hydrogen (secondary N) is 2. The van der Waals surface area contributed by atoms with Gasteiger partial charge in [0.2, 0.25) is 21.7 Å². The van der Waals surface area contributed by atoms with Crippen LogP contribution in [0.5, 0.6) is 11.5 Å². The molecule has 4 atom stereocenters. The SMILES string of the molecule is COc1cc(P)c(O[C@H]2CC[C@@](C)(C=O)CC2)cc1C(=O)N[C@@H]1CCN(C(C)=O)C[C@@H]1C(=O)Nc1cccc(S(=O)(=O)C(C)(F)I)c1. The molecular weight excluding hydrogens is 763 g/mol. The Labute approximate surface area is 290 Å². The number of benzene rings is 2. The monoisotopic (exact) mass is 803 g/mol. The predicted molar refractivity (Wildman–Crippen MR) is 187 cm³/mol. The third-order valence-corrected chi connectivity index (χ3v) is 12.8. The Kier molecular flexibility index (Phi) is 11.6. The zero-order chi connectivity index (χ0) is 34.7. The molecule has 256 valence electrons. The molecule has 0 radical (unpaired) electrons. The lowest BCUT2D eigenvalue weighted by Crippen LogP contribution is -2.55. The van der Waals surface area contributed by atoms with Crippen LogP contribution in [0.4, 0.5) is 10.1 Å². The summed E-state index contributed by atoms with van der Waals surface area (Å²) >= 11 is 1.20. The number of hydrogen-bond acceptors (Lipinski definition) is 8. The van der Waals surface area contributed by atoms with Gasteiger partial charge in [0.05, 0.1) is 29.6 Å². The maximum absolute atomic E-state index is 14.4. The fraction of sp³-hybridized carbons (Fsp3) is 0.500. The zero-order valence-electron chi connectivity index (χ0n) is 26.7. The molecule has 0 aromatic heterocycles. The maximum atomic E-state index is 14.4. The fourth-order valence-electron chi connectivity index (χ4n) is 5.80. The number of piperidine rings is 1. The van der Waals surface area contributed by atoms with Gasteiger partial charge in [-0.1, -0.05) is 13.0 Å². The molecular formula is C32H40FIN3O8PS. The van der Waals surface area contributed by atoms with Crippen LogP contribution < -0.4 is 25.4 Å². The van der Waals surface area contributed by atoms with Crippen molar-refractivity contribution in [2.45, 2.75) is 72.9 Å². The molecule has 2 aromatic rings. The molecule has 1 heterocycles. The lowest BCUT2D eigenvalue weighted by Gasteiger charge is -2.37. The molecule has 2 aromatic carbocycles. The van der Waals surface area contributed by atoms with E-state index < -0.39 is 36.6 Å². The zero-order valence-corrected chi connectivity index (χ0v) is 30.8. The highest BCUT2D eigenvalue weighted by Crippen LogP contribution is 2.37. The van der Waals surface area contributed by atoms with Crippen LogP contribution in [0.1, 0.15) is 63.2 Å². The quantitative estimate of drug-likeness (QED) is 0.158. The predicted octanol–water partition coefficient (Wildman–Crippen LogP) is 4.18. The number of carbonyl (C=O) groups excluding carboxylic acids is 4. The van der Waals surface area contributed by atoms with Crippen molar-refractivity contribution in [2.75, 3.05) is 25.5 Å². The van der Waals surface area contributed by atoms with Gasteiger partial charge in [0.25, 0.3) is 8.91 Å². The molecule has 2 N–H and O–H groups in total. The van der Waals surface area contributed by atoms with Crippen molar-refractivity contribution in [2.24, 2.45) is 11.3 Å². The van der Waals surface area contributed by atoms with Gasteiger partial charge in [-0.05, 0) is 92.0 Å². The average Bonchev–Trinajstić information content (AvgIpc) is 3.02. The van der Waals surface area contributed by atoms with Crippen molar-refractivity contribution >= 4 is 76.7 Å². The minimum atomic E-state index is -4.35. The number of rotatable bonds is 10. The Hall–Kier alpha value is -2.84. The minimum Gasteiger partial charge on any atom is -0.496 e. The first-order valence-corrected chi connectivity index (χ1v) is 18.3. The number of aldehydes is 1. The van der Waals surface area contributed by atoms with Gasteiger partial charge in [-0.15, -0.1) is 9.24 Å². The van der Waals surface area contributed by atoms with Crippen molar-refractivity contribution < 1.29 is 41.5 Å². The van der Waals surface area contributed by atoms with Gasteiger partial charge in [0, 0.05) is 42.5 Å². The smallest absolute Gasteiger partial charge is 0.261 e. The van der Waals surface area contributed by atoms with E-state index in [1.807, 2.05) is 6.92 Å². The van der Waals surface area contributed by atoms with E-state index in [9.17, 15) is 32.0 Å². The van der Waals surface area contributed by atoms with Crippen molar-refractivity contribution in [1.29, 1.82) is 0 Å². The van der Waals surface area contributed by atoms with Crippen molar-refractivity contribution in [1.82, 2.24) is 10.2 Å². The molecule has 2 unspecified atom stereocenters. The highest BCUT2D eigenvalue weighted by atomic mass is 127. The maximum Gasteiger partial charge on any atom is 0.261 e. The Morgan fingerprint density at radius 2 is 1.83 bits per heavy atom. The summed E-state index contributed by atoms with van der Waals surface area (Å²) in [5, 5.41) is 6.32. The van der Waals surface area contributed by atoms with Gasteiger partial charge in [-0.3, -0.25) is 14.4 Å². The molecule has 1 aliphatic heterocycles. The number of halogens is 2. The number of likely N-dealkylation sites (tertiary alicyclic amines) is 1. The topological polar surface area (TPSA) is 148 Å². The highest BCUT2D eigenvalue weighted by molar-refractivity contribution is 14.1. The largest absolute Gasteiger partial charge is 0.496 e. The van der Waals surface area contributed by atoms with E-state index in [-0.39, 0.29) is 46.5 Å². The van der Waals surface area contributed by atoms with Gasteiger partial charge in [0.1, 0.15) is 17.8 Å². The van der Waals surface area contributed by atoms with Crippen LogP contribution in [0.15, 0.2) is 41.3 Å². The number of methoxy groups -OCH3 is 1. The summed E-state index contributed by atoms with van der Waals surface area (Å²) in [7, 11) is -0.319. The number of anilines is 1. The molecule has 1 saturated carbocycles. The number of sulfone groups is 1. The summed E-state index contributed by atoms with van der Waals surface area (Å²) in [4.78, 5) is 52.3. The van der Waals surface area contributed by atoms with E-state index in [0.717, 1.165) is 13.2 Å². The first-order valence-electron chi connectivity index (χ1n) is 15.2. The van der Waals surface area contributed by atoms with E-state index in [4.69, 9.17) is 9.47 Å². The standard InChI is InChI=1S/C32H40FIN3O8PS/c1-19(39)37-13-10-25(24(17-37)30(41)35-20-6-5-7-22(14-20)47(42,43)32(3,33)34)36-29(40)23-15-27(28(46)16-26(23)44-4)45-21-8-11-31(2,18-38)12-9-21/h5-7,14-16,18,21,24-25H,8-13,17,46H2,1-4H3,(H,35,41)(H,36,40)/t21-,24-,25+,31+,32?/m0/s1. The summed E-state index contributed by atoms with van der Waals surface area (Å²) in [5.74, 6) is -1.42. The first-order chi connectivity index (χ1) is 22.0. The molecule has 2 aliphatic rings. The minimum absolute atomic E-state index is 0.0117. The number of amides is 3. The van der Waals surface area contributed by atoms with Gasteiger partial charge >= 0.3 is 0 Å². The lowest BCUT2D eigenvalue weighted by atomic mass is 9.76. The summed E-state index contributed by atoms with van der Waals surface area (Å²) in [6, 6.07) is 7.86. The summed E-state index contributed by atoms with van der Waals surface area (Å²) < 4.78 is 48.9. The molecule has 15 heteroatoms. The first kappa shape index (κ1) is 37.0. The third kappa shape index (κ3) is 8.61. The summed E-state index contributed by atoms with van der Waals surface area (Å²) in [5.41, 5.74) is -0.0419. The third-order valence-electron chi connectivity index (χ3n) is 8.82. The van der Waals surface area contributed by atoms with Crippen molar-refractivity contribution in [3.8, 4) is 11.5 Å². The van der Waals surface area contributed by atoms with Crippen LogP contribution in [0, 0.1) is 11.3 Å². The van der Waals surface area contributed by atoms with Gasteiger partial charge < -0.3 is 29.8 Å². The second kappa shape index (κ2) is 14.7. The Morgan fingerprint density at radius 3 is 2.43 bits per heavy atom. The van der Waals surface area contributed by atoms with E-state index in [2.05, 4.69) is 19.9 Å². The molecule has 0 bridgehead atoms. The molecule has 2 fully saturated rings. The Balaban J connectivity index is 1.55. The molecule has 4 rings (SSSR count). The van der Waals surface area contributed by atoms with E-state index in [1.165, 1.54) is 65.8 Å². The number of hydrogen-bond donors (Lipinski definition) is 2. The lowest BCUT2D eigenvalue weighted by molar-refractivity contribution is -0.133. The summed E-state index contributed by atoms with van der Waals surface area (Å²) in [6.07, 6.45) is 3.94. The van der Waals surface area contributed by atoms with Crippen LogP contribution in [0.3, 0.4) is 0 Å². The van der Waals surface area contributed by atoms with Crippen LogP contribution >= 0.6 is 31.8 Å². The molecule has 3 amide bonds. The second-order valence-electron chi connectivity index (χ2n) is 12.4. The van der Waals surface area contributed by atoms with Crippen LogP contribution in [0.2, 0.25) is 0 Å². The number of alkyl halides is 2. The fourth-order valence-corrected chi connectivity index (χ4v) is 7.81. The molecule has 1 saturated heterocycles. The molecule has 47 heavy (non-hydrogen) atoms. The van der Waals surface area contributed by atoms with E-state index in [1.54, 1.807) is 12.1 Å². The van der Waals surface area contributed by atoms with Gasteiger partial charge in [0.15, 0.2) is 0 Å². The van der Waals surface area contributed by atoms with Gasteiger partial charge in [-0.25, -0.2) is 12.8 Å². The van der Waals surface area contributed by atoms with E-state index in [0.29, 0.717) is 49.0 Å². The van der Waals surface area contributed by atoms with Crippen molar-refractivity contribution in [3.05, 3.63) is 42.0 Å². The molecule has 1 aliphatic carbocycles. The van der Waals surface area contributed by atoms with Crippen molar-refractivity contribution in [3.63, 3.8) is 0 Å². The Bertz CT molecular complexity index is 1640. The van der Waals surface area contributed by atoms with Crippen LogP contribution in [-0.4, -0.2) is 72.7 Å². The number of ether oxygens (including phenoxy) is 2. The van der Waals surface area contributed by atoms with Gasteiger partial charge in [-0.2, -0.15) is 0 Å². The van der Waals surface area contributed by atoms with E-state index >= 15 is 0 Å². The molecule has 0 spiro atoms. The Morgan fingerprint density at radius 1 is 1.15 bits per heavy atom. The second-order valence-corrected chi connectivity index (χ2v) is 18.1. The highest BCUT2D eigenvalue weighted by Gasteiger charge is 2.39.